The summed E-state index contributed by atoms with van der Waals surface area (Å²) in [5, 5.41) is 8.58. The van der Waals surface area contributed by atoms with Crippen LogP contribution in [0.25, 0.3) is 0 Å². The second-order valence-corrected chi connectivity index (χ2v) is 6.67. The maximum Gasteiger partial charge on any atom is 0.243 e. The summed E-state index contributed by atoms with van der Waals surface area (Å²) >= 11 is 0. The molecule has 0 bridgehead atoms. The van der Waals surface area contributed by atoms with E-state index >= 15 is 0 Å². The molecule has 160 valence electrons. The van der Waals surface area contributed by atoms with Crippen molar-refractivity contribution in [3.05, 3.63) is 78.9 Å². The second kappa shape index (κ2) is 11.3. The maximum atomic E-state index is 12.3. The fourth-order valence-corrected chi connectivity index (χ4v) is 2.79. The van der Waals surface area contributed by atoms with E-state index in [2.05, 4.69) is 16.0 Å². The largest absolute Gasteiger partial charge is 0.490 e. The van der Waals surface area contributed by atoms with Gasteiger partial charge in [0.2, 0.25) is 11.8 Å². The molecule has 0 fully saturated rings. The van der Waals surface area contributed by atoms with Gasteiger partial charge < -0.3 is 25.4 Å². The summed E-state index contributed by atoms with van der Waals surface area (Å²) in [6.45, 7) is 2.31. The molecule has 0 atom stereocenters. The van der Waals surface area contributed by atoms with Crippen LogP contribution in [0.15, 0.2) is 78.9 Å². The second-order valence-electron chi connectivity index (χ2n) is 6.67. The van der Waals surface area contributed by atoms with Crippen molar-refractivity contribution in [1.82, 2.24) is 0 Å². The molecular weight excluding hydrogens is 394 g/mol. The molecule has 3 aromatic carbocycles. The van der Waals surface area contributed by atoms with Gasteiger partial charge in [0.1, 0.15) is 24.7 Å². The van der Waals surface area contributed by atoms with Gasteiger partial charge in [-0.2, -0.15) is 0 Å². The van der Waals surface area contributed by atoms with E-state index in [1.54, 1.807) is 24.3 Å². The van der Waals surface area contributed by atoms with Gasteiger partial charge in [0.15, 0.2) is 0 Å². The van der Waals surface area contributed by atoms with Crippen LogP contribution in [-0.2, 0) is 9.59 Å². The van der Waals surface area contributed by atoms with Crippen LogP contribution < -0.4 is 25.4 Å². The minimum Gasteiger partial charge on any atom is -0.490 e. The molecule has 0 unspecified atom stereocenters. The van der Waals surface area contributed by atoms with Crippen molar-refractivity contribution < 1.29 is 19.1 Å². The van der Waals surface area contributed by atoms with E-state index in [1.807, 2.05) is 54.6 Å². The number of nitrogens with one attached hydrogen (secondary N) is 3. The summed E-state index contributed by atoms with van der Waals surface area (Å²) in [5.74, 6) is 1.09. The number of carbonyl (C=O) groups excluding carboxylic acids is 2. The quantitative estimate of drug-likeness (QED) is 0.430. The van der Waals surface area contributed by atoms with Crippen LogP contribution in [0.4, 0.5) is 17.1 Å². The summed E-state index contributed by atoms with van der Waals surface area (Å²) in [4.78, 5) is 23.3. The molecule has 3 rings (SSSR count). The molecular formula is C24H25N3O4. The van der Waals surface area contributed by atoms with Crippen molar-refractivity contribution in [2.45, 2.75) is 6.92 Å². The first-order chi connectivity index (χ1) is 15.1. The van der Waals surface area contributed by atoms with Crippen LogP contribution in [0.3, 0.4) is 0 Å². The van der Waals surface area contributed by atoms with Crippen molar-refractivity contribution in [2.24, 2.45) is 0 Å². The number of hydrogen-bond donors (Lipinski definition) is 3. The highest BCUT2D eigenvalue weighted by molar-refractivity contribution is 5.94. The van der Waals surface area contributed by atoms with Gasteiger partial charge in [-0.05, 0) is 48.5 Å². The van der Waals surface area contributed by atoms with Gasteiger partial charge in [-0.1, -0.05) is 30.3 Å². The predicted molar refractivity (Wildman–Crippen MR) is 122 cm³/mol. The smallest absolute Gasteiger partial charge is 0.243 e. The molecule has 0 heterocycles. The first-order valence-corrected chi connectivity index (χ1v) is 9.91. The summed E-state index contributed by atoms with van der Waals surface area (Å²) in [5.41, 5.74) is 2.04. The normalized spacial score (nSPS) is 10.1. The highest BCUT2D eigenvalue weighted by Gasteiger charge is 2.07. The van der Waals surface area contributed by atoms with Gasteiger partial charge in [-0.15, -0.1) is 0 Å². The zero-order valence-electron chi connectivity index (χ0n) is 17.3. The van der Waals surface area contributed by atoms with E-state index in [4.69, 9.17) is 9.47 Å². The first kappa shape index (κ1) is 21.7. The lowest BCUT2D eigenvalue weighted by Crippen LogP contribution is -2.22. The minimum absolute atomic E-state index is 0.0777. The lowest BCUT2D eigenvalue weighted by atomic mass is 10.2. The van der Waals surface area contributed by atoms with Crippen molar-refractivity contribution in [3.63, 3.8) is 0 Å². The van der Waals surface area contributed by atoms with Crippen molar-refractivity contribution in [2.75, 3.05) is 35.7 Å². The third-order valence-corrected chi connectivity index (χ3v) is 4.17. The highest BCUT2D eigenvalue weighted by Crippen LogP contribution is 2.23. The van der Waals surface area contributed by atoms with Crippen molar-refractivity contribution >= 4 is 28.9 Å². The average molecular weight is 419 g/mol. The molecule has 0 aromatic heterocycles. The van der Waals surface area contributed by atoms with E-state index in [-0.39, 0.29) is 18.4 Å². The molecule has 7 heteroatoms. The number of hydrogen-bond acceptors (Lipinski definition) is 5. The third kappa shape index (κ3) is 7.40. The first-order valence-electron chi connectivity index (χ1n) is 9.91. The Labute approximate surface area is 181 Å². The SMILES string of the molecule is CC(=O)Nc1ccc(NC(=O)CNc2ccccc2OCCOc2ccccc2)cc1. The fraction of sp³-hybridized carbons (Fsp3) is 0.167. The maximum absolute atomic E-state index is 12.3. The number of anilines is 3. The average Bonchev–Trinajstić information content (AvgIpc) is 2.78. The lowest BCUT2D eigenvalue weighted by Gasteiger charge is -2.14. The summed E-state index contributed by atoms with van der Waals surface area (Å²) < 4.78 is 11.4. The predicted octanol–water partition coefficient (Wildman–Crippen LogP) is 4.15. The topological polar surface area (TPSA) is 88.7 Å². The van der Waals surface area contributed by atoms with Gasteiger partial charge in [0.25, 0.3) is 0 Å². The minimum atomic E-state index is -0.200. The molecule has 3 N–H and O–H groups in total. The number of rotatable bonds is 10. The molecule has 0 aliphatic heterocycles. The lowest BCUT2D eigenvalue weighted by molar-refractivity contribution is -0.115. The van der Waals surface area contributed by atoms with Crippen molar-refractivity contribution in [3.8, 4) is 11.5 Å². The molecule has 0 aliphatic carbocycles. The standard InChI is InChI=1S/C24H25N3O4/c1-18(28)26-19-11-13-20(14-12-19)27-24(29)17-25-22-9-5-6-10-23(22)31-16-15-30-21-7-3-2-4-8-21/h2-14,25H,15-17H2,1H3,(H,26,28)(H,27,29). The Morgan fingerprint density at radius 1 is 0.742 bits per heavy atom. The zero-order chi connectivity index (χ0) is 21.9. The molecule has 0 spiro atoms. The third-order valence-electron chi connectivity index (χ3n) is 4.17. The van der Waals surface area contributed by atoms with E-state index in [0.29, 0.717) is 30.3 Å². The Kier molecular flexibility index (Phi) is 7.88. The summed E-state index contributed by atoms with van der Waals surface area (Å²) in [7, 11) is 0. The van der Waals surface area contributed by atoms with E-state index in [1.165, 1.54) is 6.92 Å². The molecule has 31 heavy (non-hydrogen) atoms. The van der Waals surface area contributed by atoms with Gasteiger partial charge in [0.05, 0.1) is 12.2 Å². The molecule has 7 nitrogen and oxygen atoms in total. The Bertz CT molecular complexity index is 991. The Morgan fingerprint density at radius 3 is 2.06 bits per heavy atom. The van der Waals surface area contributed by atoms with Gasteiger partial charge >= 0.3 is 0 Å². The molecule has 3 aromatic rings. The Balaban J connectivity index is 1.45. The number of benzene rings is 3. The van der Waals surface area contributed by atoms with E-state index in [0.717, 1.165) is 11.4 Å². The number of para-hydroxylation sites is 3. The highest BCUT2D eigenvalue weighted by atomic mass is 16.5. The number of amides is 2. The van der Waals surface area contributed by atoms with Crippen LogP contribution in [0, 0.1) is 0 Å². The van der Waals surface area contributed by atoms with Crippen LogP contribution in [-0.4, -0.2) is 31.6 Å². The van der Waals surface area contributed by atoms with Crippen molar-refractivity contribution in [1.29, 1.82) is 0 Å². The van der Waals surface area contributed by atoms with Crippen LogP contribution in [0.5, 0.6) is 11.5 Å². The van der Waals surface area contributed by atoms with Crippen LogP contribution in [0.1, 0.15) is 6.92 Å². The van der Waals surface area contributed by atoms with Gasteiger partial charge in [-0.25, -0.2) is 0 Å². The number of carbonyl (C=O) groups is 2. The summed E-state index contributed by atoms with van der Waals surface area (Å²) in [6.07, 6.45) is 0. The monoisotopic (exact) mass is 419 g/mol. The van der Waals surface area contributed by atoms with E-state index in [9.17, 15) is 9.59 Å². The molecule has 0 aliphatic rings. The van der Waals surface area contributed by atoms with Gasteiger partial charge in [0, 0.05) is 18.3 Å². The molecule has 0 saturated heterocycles. The number of ether oxygens (including phenoxy) is 2. The molecule has 2 amide bonds. The van der Waals surface area contributed by atoms with E-state index < -0.39 is 0 Å². The van der Waals surface area contributed by atoms with Crippen LogP contribution >= 0.6 is 0 Å². The molecule has 0 saturated carbocycles. The van der Waals surface area contributed by atoms with Crippen LogP contribution in [0.2, 0.25) is 0 Å². The Morgan fingerprint density at radius 2 is 1.35 bits per heavy atom. The zero-order valence-corrected chi connectivity index (χ0v) is 17.3. The fourth-order valence-electron chi connectivity index (χ4n) is 2.79. The van der Waals surface area contributed by atoms with Gasteiger partial charge in [-0.3, -0.25) is 9.59 Å². The Hall–Kier alpha value is -4.00. The molecule has 0 radical (unpaired) electrons. The summed E-state index contributed by atoms with van der Waals surface area (Å²) in [6, 6.07) is 23.9.